The quantitative estimate of drug-likeness (QED) is 0.332. The molecule has 0 aliphatic carbocycles. The van der Waals surface area contributed by atoms with E-state index >= 15 is 0 Å². The summed E-state index contributed by atoms with van der Waals surface area (Å²) in [5.41, 5.74) is 3.98. The van der Waals surface area contributed by atoms with Crippen molar-refractivity contribution in [3.63, 3.8) is 0 Å². The molecule has 0 saturated carbocycles. The maximum atomic E-state index is 13.5. The van der Waals surface area contributed by atoms with E-state index in [-0.39, 0.29) is 18.9 Å². The Bertz CT molecular complexity index is 1370. The van der Waals surface area contributed by atoms with Gasteiger partial charge in [-0.15, -0.1) is 0 Å². The minimum atomic E-state index is -0.846. The number of likely N-dealkylation sites (N-methyl/N-ethyl adjacent to an activating group) is 1. The normalized spacial score (nSPS) is 11.5. The Morgan fingerprint density at radius 1 is 0.919 bits per heavy atom. The highest BCUT2D eigenvalue weighted by molar-refractivity contribution is 5.90. The zero-order valence-electron chi connectivity index (χ0n) is 20.8. The summed E-state index contributed by atoms with van der Waals surface area (Å²) >= 11 is 0. The number of para-hydroxylation sites is 1. The Kier molecular flexibility index (Phi) is 8.20. The van der Waals surface area contributed by atoms with Crippen molar-refractivity contribution in [3.8, 4) is 0 Å². The summed E-state index contributed by atoms with van der Waals surface area (Å²) in [6.45, 7) is 0.397. The van der Waals surface area contributed by atoms with Crippen molar-refractivity contribution in [3.05, 3.63) is 107 Å². The number of ether oxygens (including phenoxy) is 2. The van der Waals surface area contributed by atoms with Crippen LogP contribution < -0.4 is 5.32 Å². The molecule has 1 atom stereocenters. The third-order valence-electron chi connectivity index (χ3n) is 6.07. The molecule has 0 spiro atoms. The van der Waals surface area contributed by atoms with E-state index in [1.54, 1.807) is 36.2 Å². The van der Waals surface area contributed by atoms with Crippen LogP contribution in [-0.2, 0) is 33.8 Å². The number of nitrogens with zero attached hydrogens (tertiary/aromatic N) is 1. The molecule has 1 aromatic heterocycles. The van der Waals surface area contributed by atoms with E-state index in [0.717, 1.165) is 27.6 Å². The predicted octanol–water partition coefficient (Wildman–Crippen LogP) is 4.45. The first-order chi connectivity index (χ1) is 17.9. The summed E-state index contributed by atoms with van der Waals surface area (Å²) in [6.07, 6.45) is 1.47. The smallest absolute Gasteiger partial charge is 0.408 e. The maximum absolute atomic E-state index is 13.5. The molecule has 37 heavy (non-hydrogen) atoms. The van der Waals surface area contributed by atoms with Crippen LogP contribution in [0.25, 0.3) is 10.9 Å². The van der Waals surface area contributed by atoms with E-state index in [0.29, 0.717) is 12.1 Å². The lowest BCUT2D eigenvalue weighted by Gasteiger charge is -2.24. The molecule has 4 rings (SSSR count). The van der Waals surface area contributed by atoms with E-state index in [1.807, 2.05) is 60.8 Å². The van der Waals surface area contributed by atoms with Gasteiger partial charge in [0.1, 0.15) is 12.6 Å². The average molecular weight is 500 g/mol. The zero-order chi connectivity index (χ0) is 26.2. The molecule has 8 heteroatoms. The van der Waals surface area contributed by atoms with Crippen molar-refractivity contribution < 1.29 is 23.9 Å². The summed E-state index contributed by atoms with van der Waals surface area (Å²) < 4.78 is 10.1. The Hall–Kier alpha value is -4.59. The number of methoxy groups -OCH3 is 1. The van der Waals surface area contributed by atoms with Crippen LogP contribution in [0.3, 0.4) is 0 Å². The van der Waals surface area contributed by atoms with Gasteiger partial charge in [0.2, 0.25) is 5.91 Å². The number of carbonyl (C=O) groups is 3. The largest absolute Gasteiger partial charge is 0.465 e. The number of aromatic amines is 1. The highest BCUT2D eigenvalue weighted by atomic mass is 16.5. The summed E-state index contributed by atoms with van der Waals surface area (Å²) in [6, 6.07) is 23.2. The van der Waals surface area contributed by atoms with Crippen LogP contribution in [0.15, 0.2) is 85.1 Å². The molecule has 0 fully saturated rings. The van der Waals surface area contributed by atoms with Gasteiger partial charge in [-0.1, -0.05) is 60.7 Å². The Morgan fingerprint density at radius 2 is 1.62 bits per heavy atom. The first kappa shape index (κ1) is 25.5. The van der Waals surface area contributed by atoms with Gasteiger partial charge >= 0.3 is 12.1 Å². The number of benzene rings is 3. The minimum Gasteiger partial charge on any atom is -0.465 e. The van der Waals surface area contributed by atoms with E-state index in [9.17, 15) is 14.4 Å². The lowest BCUT2D eigenvalue weighted by Crippen LogP contribution is -2.48. The van der Waals surface area contributed by atoms with Gasteiger partial charge in [-0.3, -0.25) is 4.79 Å². The van der Waals surface area contributed by atoms with E-state index < -0.39 is 18.1 Å². The second-order valence-electron chi connectivity index (χ2n) is 8.71. The van der Waals surface area contributed by atoms with Gasteiger partial charge in [0, 0.05) is 37.1 Å². The molecule has 0 aliphatic rings. The highest BCUT2D eigenvalue weighted by Crippen LogP contribution is 2.20. The molecule has 2 amide bonds. The second-order valence-corrected chi connectivity index (χ2v) is 8.71. The monoisotopic (exact) mass is 499 g/mol. The first-order valence-electron chi connectivity index (χ1n) is 11.9. The molecule has 0 aliphatic heterocycles. The summed E-state index contributed by atoms with van der Waals surface area (Å²) in [5, 5.41) is 3.75. The van der Waals surface area contributed by atoms with Crippen LogP contribution in [0.5, 0.6) is 0 Å². The number of hydrogen-bond donors (Lipinski definition) is 2. The molecule has 4 aromatic rings. The van der Waals surface area contributed by atoms with Crippen LogP contribution in [0, 0.1) is 0 Å². The minimum absolute atomic E-state index is 0.100. The van der Waals surface area contributed by atoms with Gasteiger partial charge in [-0.2, -0.15) is 0 Å². The molecule has 0 radical (unpaired) electrons. The Labute approximate surface area is 215 Å². The van der Waals surface area contributed by atoms with E-state index in [1.165, 1.54) is 7.11 Å². The molecule has 0 unspecified atom stereocenters. The number of esters is 1. The van der Waals surface area contributed by atoms with E-state index in [2.05, 4.69) is 10.3 Å². The Morgan fingerprint density at radius 3 is 2.35 bits per heavy atom. The van der Waals surface area contributed by atoms with Crippen LogP contribution >= 0.6 is 0 Å². The molecular formula is C29H29N3O5. The van der Waals surface area contributed by atoms with Crippen molar-refractivity contribution in [2.45, 2.75) is 25.6 Å². The number of aromatic nitrogens is 1. The van der Waals surface area contributed by atoms with Crippen molar-refractivity contribution in [2.24, 2.45) is 0 Å². The van der Waals surface area contributed by atoms with Crippen LogP contribution in [0.4, 0.5) is 4.79 Å². The van der Waals surface area contributed by atoms with Crippen molar-refractivity contribution in [2.75, 3.05) is 14.2 Å². The van der Waals surface area contributed by atoms with Gasteiger partial charge in [-0.05, 0) is 34.9 Å². The van der Waals surface area contributed by atoms with Gasteiger partial charge in [0.05, 0.1) is 12.7 Å². The number of H-pyrrole nitrogens is 1. The summed E-state index contributed by atoms with van der Waals surface area (Å²) in [7, 11) is 3.00. The molecular weight excluding hydrogens is 470 g/mol. The van der Waals surface area contributed by atoms with Crippen molar-refractivity contribution in [1.82, 2.24) is 15.2 Å². The van der Waals surface area contributed by atoms with Gasteiger partial charge < -0.3 is 24.7 Å². The number of amides is 2. The number of alkyl carbamates (subject to hydrolysis) is 1. The summed E-state index contributed by atoms with van der Waals surface area (Å²) in [5.74, 6) is -0.688. The first-order valence-corrected chi connectivity index (χ1v) is 11.9. The van der Waals surface area contributed by atoms with Crippen LogP contribution in [0.1, 0.15) is 27.0 Å². The molecule has 0 bridgehead atoms. The SMILES string of the molecule is COC(=O)c1ccc(CN(C)C(=O)[C@H](Cc2c[nH]c3ccccc23)NC(=O)OCc2ccccc2)cc1. The lowest BCUT2D eigenvalue weighted by atomic mass is 10.0. The average Bonchev–Trinajstić information content (AvgIpc) is 3.34. The molecule has 2 N–H and O–H groups in total. The fourth-order valence-corrected chi connectivity index (χ4v) is 4.11. The molecule has 190 valence electrons. The number of hydrogen-bond acceptors (Lipinski definition) is 5. The highest BCUT2D eigenvalue weighted by Gasteiger charge is 2.26. The fourth-order valence-electron chi connectivity index (χ4n) is 4.11. The molecule has 8 nitrogen and oxygen atoms in total. The van der Waals surface area contributed by atoms with Gasteiger partial charge in [0.25, 0.3) is 0 Å². The number of nitrogens with one attached hydrogen (secondary N) is 2. The standard InChI is InChI=1S/C29H29N3O5/c1-32(18-20-12-14-22(15-13-20)28(34)36-2)27(33)26(16-23-17-30-25-11-7-6-10-24(23)25)31-29(35)37-19-21-8-4-3-5-9-21/h3-15,17,26,30H,16,18-19H2,1-2H3,(H,31,35)/t26-/m0/s1. The lowest BCUT2D eigenvalue weighted by molar-refractivity contribution is -0.132. The third-order valence-corrected chi connectivity index (χ3v) is 6.07. The van der Waals surface area contributed by atoms with Crippen molar-refractivity contribution >= 4 is 28.9 Å². The molecule has 3 aromatic carbocycles. The fraction of sp³-hybridized carbons (Fsp3) is 0.207. The van der Waals surface area contributed by atoms with Crippen LogP contribution in [-0.4, -0.2) is 48.1 Å². The maximum Gasteiger partial charge on any atom is 0.408 e. The van der Waals surface area contributed by atoms with Crippen LogP contribution in [0.2, 0.25) is 0 Å². The van der Waals surface area contributed by atoms with Crippen molar-refractivity contribution in [1.29, 1.82) is 0 Å². The predicted molar refractivity (Wildman–Crippen MR) is 140 cm³/mol. The van der Waals surface area contributed by atoms with Gasteiger partial charge in [-0.25, -0.2) is 9.59 Å². The van der Waals surface area contributed by atoms with E-state index in [4.69, 9.17) is 9.47 Å². The van der Waals surface area contributed by atoms with Gasteiger partial charge in [0.15, 0.2) is 0 Å². The third kappa shape index (κ3) is 6.55. The summed E-state index contributed by atoms with van der Waals surface area (Å²) in [4.78, 5) is 42.6. The molecule has 1 heterocycles. The second kappa shape index (κ2) is 11.9. The number of carbonyl (C=O) groups excluding carboxylic acids is 3. The topological polar surface area (TPSA) is 101 Å². The zero-order valence-corrected chi connectivity index (χ0v) is 20.8. The molecule has 0 saturated heterocycles. The number of fused-ring (bicyclic) bond motifs is 1. The Balaban J connectivity index is 1.48. The number of rotatable bonds is 9.